The Kier molecular flexibility index (Phi) is 7.49. The normalized spacial score (nSPS) is 18.2. The summed E-state index contributed by atoms with van der Waals surface area (Å²) in [6, 6.07) is 18.0. The lowest BCUT2D eigenvalue weighted by Crippen LogP contribution is -2.48. The summed E-state index contributed by atoms with van der Waals surface area (Å²) in [5.41, 5.74) is 3.21. The van der Waals surface area contributed by atoms with Crippen LogP contribution in [-0.4, -0.2) is 72.2 Å². The molecule has 0 aliphatic carbocycles. The number of hydrogen-bond donors (Lipinski definition) is 0. The first-order chi connectivity index (χ1) is 18.3. The number of nitrogens with zero attached hydrogens (tertiary/aromatic N) is 4. The molecule has 200 valence electrons. The van der Waals surface area contributed by atoms with Crippen molar-refractivity contribution in [1.82, 2.24) is 14.7 Å². The molecule has 8 nitrogen and oxygen atoms in total. The van der Waals surface area contributed by atoms with Crippen LogP contribution in [0.5, 0.6) is 5.75 Å². The van der Waals surface area contributed by atoms with Gasteiger partial charge in [-0.25, -0.2) is 4.68 Å². The monoisotopic (exact) mass is 534 g/mol. The summed E-state index contributed by atoms with van der Waals surface area (Å²) in [4.78, 5) is 30.7. The van der Waals surface area contributed by atoms with E-state index in [4.69, 9.17) is 14.6 Å². The Morgan fingerprint density at radius 1 is 1.08 bits per heavy atom. The molecule has 2 aromatic carbocycles. The Hall–Kier alpha value is -3.30. The van der Waals surface area contributed by atoms with Crippen LogP contribution in [0.2, 0.25) is 0 Å². The van der Waals surface area contributed by atoms with E-state index in [0.717, 1.165) is 28.1 Å². The average molecular weight is 535 g/mol. The van der Waals surface area contributed by atoms with Crippen LogP contribution in [0.1, 0.15) is 37.1 Å². The predicted molar refractivity (Wildman–Crippen MR) is 150 cm³/mol. The lowest BCUT2D eigenvalue weighted by Gasteiger charge is -2.32. The van der Waals surface area contributed by atoms with Crippen molar-refractivity contribution in [3.8, 4) is 17.0 Å². The Bertz CT molecular complexity index is 1310. The molecule has 0 N–H and O–H groups in total. The lowest BCUT2D eigenvalue weighted by molar-refractivity contribution is -0.134. The number of fused-ring (bicyclic) bond motifs is 1. The van der Waals surface area contributed by atoms with E-state index in [1.54, 1.807) is 28.7 Å². The molecule has 2 aliphatic heterocycles. The van der Waals surface area contributed by atoms with Crippen molar-refractivity contribution in [3.05, 3.63) is 65.7 Å². The Balaban J connectivity index is 1.73. The van der Waals surface area contributed by atoms with Crippen LogP contribution >= 0.6 is 11.8 Å². The zero-order chi connectivity index (χ0) is 26.9. The molecule has 0 saturated carbocycles. The number of benzene rings is 2. The Morgan fingerprint density at radius 2 is 1.76 bits per heavy atom. The Labute approximate surface area is 227 Å². The summed E-state index contributed by atoms with van der Waals surface area (Å²) < 4.78 is 13.1. The first kappa shape index (κ1) is 26.3. The van der Waals surface area contributed by atoms with Gasteiger partial charge < -0.3 is 14.4 Å². The summed E-state index contributed by atoms with van der Waals surface area (Å²) in [6.07, 6.45) is 0. The highest BCUT2D eigenvalue weighted by atomic mass is 32.2. The third kappa shape index (κ3) is 5.05. The number of ether oxygens (including phenoxy) is 2. The summed E-state index contributed by atoms with van der Waals surface area (Å²) in [5, 5.41) is 4.91. The van der Waals surface area contributed by atoms with E-state index < -0.39 is 5.54 Å². The van der Waals surface area contributed by atoms with E-state index in [1.807, 2.05) is 59.3 Å². The summed E-state index contributed by atoms with van der Waals surface area (Å²) >= 11 is 1.55. The molecular weight excluding hydrogens is 500 g/mol. The Morgan fingerprint density at radius 3 is 2.45 bits per heavy atom. The molecule has 0 radical (unpaired) electrons. The fourth-order valence-electron chi connectivity index (χ4n) is 4.97. The van der Waals surface area contributed by atoms with Gasteiger partial charge in [-0.2, -0.15) is 5.10 Å². The summed E-state index contributed by atoms with van der Waals surface area (Å²) in [5.74, 6) is 1.45. The maximum atomic E-state index is 13.8. The van der Waals surface area contributed by atoms with Crippen molar-refractivity contribution in [2.24, 2.45) is 0 Å². The van der Waals surface area contributed by atoms with Gasteiger partial charge in [-0.1, -0.05) is 48.5 Å². The highest BCUT2D eigenvalue weighted by Crippen LogP contribution is 2.50. The molecule has 0 bridgehead atoms. The van der Waals surface area contributed by atoms with Gasteiger partial charge in [0.2, 0.25) is 11.8 Å². The molecule has 5 rings (SSSR count). The van der Waals surface area contributed by atoms with Crippen LogP contribution in [-0.2, 0) is 19.9 Å². The number of carbonyl (C=O) groups excluding carboxylic acids is 2. The van der Waals surface area contributed by atoms with Gasteiger partial charge in [0.1, 0.15) is 18.1 Å². The molecule has 2 amide bonds. The third-order valence-electron chi connectivity index (χ3n) is 6.85. The SMILES string of the molecule is COc1ccccc1[C@H]1SCC(=O)N(CC(=O)N2CCOCC2)c2c1c(-c1ccccc1)nn2C(C)(C)C. The topological polar surface area (TPSA) is 76.9 Å². The number of hydrogen-bond acceptors (Lipinski definition) is 6. The van der Waals surface area contributed by atoms with Crippen molar-refractivity contribution in [2.45, 2.75) is 31.6 Å². The highest BCUT2D eigenvalue weighted by molar-refractivity contribution is 8.00. The molecular formula is C29H34N4O4S. The van der Waals surface area contributed by atoms with Crippen LogP contribution in [0.3, 0.4) is 0 Å². The maximum absolute atomic E-state index is 13.8. The lowest BCUT2D eigenvalue weighted by atomic mass is 9.98. The van der Waals surface area contributed by atoms with Gasteiger partial charge in [-0.05, 0) is 26.8 Å². The number of anilines is 1. The van der Waals surface area contributed by atoms with Crippen molar-refractivity contribution in [3.63, 3.8) is 0 Å². The van der Waals surface area contributed by atoms with E-state index in [0.29, 0.717) is 32.1 Å². The molecule has 3 heterocycles. The number of thioether (sulfide) groups is 1. The molecule has 1 fully saturated rings. The van der Waals surface area contributed by atoms with Crippen LogP contribution < -0.4 is 9.64 Å². The largest absolute Gasteiger partial charge is 0.496 e. The molecule has 3 aromatic rings. The second-order valence-electron chi connectivity index (χ2n) is 10.4. The number of aromatic nitrogens is 2. The number of amides is 2. The zero-order valence-electron chi connectivity index (χ0n) is 22.3. The number of carbonyl (C=O) groups is 2. The smallest absolute Gasteiger partial charge is 0.242 e. The zero-order valence-corrected chi connectivity index (χ0v) is 23.2. The fourth-order valence-corrected chi connectivity index (χ4v) is 6.20. The summed E-state index contributed by atoms with van der Waals surface area (Å²) in [7, 11) is 1.66. The minimum absolute atomic E-state index is 0.0406. The first-order valence-corrected chi connectivity index (χ1v) is 13.9. The minimum Gasteiger partial charge on any atom is -0.496 e. The molecule has 1 saturated heterocycles. The van der Waals surface area contributed by atoms with Crippen LogP contribution in [0.4, 0.5) is 5.82 Å². The van der Waals surface area contributed by atoms with Gasteiger partial charge in [0, 0.05) is 29.8 Å². The quantitative estimate of drug-likeness (QED) is 0.485. The fraction of sp³-hybridized carbons (Fsp3) is 0.414. The van der Waals surface area contributed by atoms with E-state index in [2.05, 4.69) is 20.8 Å². The minimum atomic E-state index is -0.446. The van der Waals surface area contributed by atoms with Crippen LogP contribution in [0.15, 0.2) is 54.6 Å². The van der Waals surface area contributed by atoms with Crippen molar-refractivity contribution >= 4 is 29.4 Å². The van der Waals surface area contributed by atoms with E-state index in [-0.39, 0.29) is 29.4 Å². The number of para-hydroxylation sites is 1. The number of methoxy groups -OCH3 is 1. The standard InChI is InChI=1S/C29H34N4O4S/c1-29(2,3)33-28-25(26(30-33)20-10-6-5-7-11-20)27(21-12-8-9-13-22(21)36-4)38-19-24(35)32(28)18-23(34)31-14-16-37-17-15-31/h5-13,27H,14-19H2,1-4H3/t27-/m1/s1. The van der Waals surface area contributed by atoms with Gasteiger partial charge in [-0.15, -0.1) is 11.8 Å². The maximum Gasteiger partial charge on any atom is 0.242 e. The van der Waals surface area contributed by atoms with E-state index in [9.17, 15) is 9.59 Å². The molecule has 1 atom stereocenters. The number of morpholine rings is 1. The van der Waals surface area contributed by atoms with Crippen molar-refractivity contribution in [1.29, 1.82) is 0 Å². The van der Waals surface area contributed by atoms with Gasteiger partial charge in [0.15, 0.2) is 0 Å². The summed E-state index contributed by atoms with van der Waals surface area (Å²) in [6.45, 7) is 8.23. The van der Waals surface area contributed by atoms with Gasteiger partial charge in [-0.3, -0.25) is 14.5 Å². The van der Waals surface area contributed by atoms with Gasteiger partial charge in [0.25, 0.3) is 0 Å². The average Bonchev–Trinajstić information content (AvgIpc) is 3.27. The van der Waals surface area contributed by atoms with E-state index >= 15 is 0 Å². The second-order valence-corrected chi connectivity index (χ2v) is 11.5. The van der Waals surface area contributed by atoms with Crippen molar-refractivity contribution < 1.29 is 19.1 Å². The van der Waals surface area contributed by atoms with Crippen LogP contribution in [0.25, 0.3) is 11.3 Å². The molecule has 9 heteroatoms. The number of rotatable bonds is 5. The second kappa shape index (κ2) is 10.8. The van der Waals surface area contributed by atoms with Gasteiger partial charge in [0.05, 0.1) is 42.6 Å². The molecule has 0 spiro atoms. The van der Waals surface area contributed by atoms with Gasteiger partial charge >= 0.3 is 0 Å². The highest BCUT2D eigenvalue weighted by Gasteiger charge is 2.40. The van der Waals surface area contributed by atoms with Crippen molar-refractivity contribution in [2.75, 3.05) is 50.6 Å². The van der Waals surface area contributed by atoms with E-state index in [1.165, 1.54) is 0 Å². The molecule has 0 unspecified atom stereocenters. The van der Waals surface area contributed by atoms with Crippen LogP contribution in [0, 0.1) is 0 Å². The molecule has 1 aromatic heterocycles. The molecule has 2 aliphatic rings. The molecule has 38 heavy (non-hydrogen) atoms. The third-order valence-corrected chi connectivity index (χ3v) is 8.09. The predicted octanol–water partition coefficient (Wildman–Crippen LogP) is 4.34. The first-order valence-electron chi connectivity index (χ1n) is 12.9.